The van der Waals surface area contributed by atoms with Gasteiger partial charge in [-0.1, -0.05) is 58.9 Å². The summed E-state index contributed by atoms with van der Waals surface area (Å²) in [7, 11) is 0. The summed E-state index contributed by atoms with van der Waals surface area (Å²) in [6, 6.07) is 10.4. The van der Waals surface area contributed by atoms with Gasteiger partial charge in [-0.15, -0.1) is 0 Å². The van der Waals surface area contributed by atoms with Gasteiger partial charge in [0.1, 0.15) is 0 Å². The van der Waals surface area contributed by atoms with E-state index in [0.717, 1.165) is 12.1 Å². The molecule has 2 aromatic rings. The third-order valence-corrected chi connectivity index (χ3v) is 2.05. The summed E-state index contributed by atoms with van der Waals surface area (Å²) in [5.74, 6) is 0. The molecule has 0 saturated carbocycles. The molecule has 0 unspecified atom stereocenters. The molecular weight excluding hydrogens is 194 g/mol. The molecule has 0 aliphatic carbocycles. The second-order valence-electron chi connectivity index (χ2n) is 2.88. The molecule has 1 heteroatoms. The predicted octanol–water partition coefficient (Wildman–Crippen LogP) is 4.85. The van der Waals surface area contributed by atoms with Crippen molar-refractivity contribution in [2.45, 2.75) is 41.0 Å². The van der Waals surface area contributed by atoms with Crippen LogP contribution in [-0.4, -0.2) is 4.98 Å². The van der Waals surface area contributed by atoms with Gasteiger partial charge in [0, 0.05) is 17.3 Å². The maximum absolute atomic E-state index is 4.33. The van der Waals surface area contributed by atoms with E-state index >= 15 is 0 Å². The summed E-state index contributed by atoms with van der Waals surface area (Å²) >= 11 is 0. The number of benzene rings is 1. The van der Waals surface area contributed by atoms with Gasteiger partial charge in [-0.25, -0.2) is 0 Å². The molecule has 0 aliphatic heterocycles. The number of fused-ring (bicyclic) bond motifs is 1. The van der Waals surface area contributed by atoms with E-state index in [1.54, 1.807) is 0 Å². The second kappa shape index (κ2) is 8.90. The molecular formula is C15H23N. The van der Waals surface area contributed by atoms with Gasteiger partial charge in [0.15, 0.2) is 0 Å². The zero-order valence-electron chi connectivity index (χ0n) is 11.1. The Morgan fingerprint density at radius 2 is 1.50 bits per heavy atom. The monoisotopic (exact) mass is 217 g/mol. The van der Waals surface area contributed by atoms with Crippen molar-refractivity contribution in [1.29, 1.82) is 0 Å². The van der Waals surface area contributed by atoms with Crippen LogP contribution >= 0.6 is 0 Å². The Hall–Kier alpha value is -1.37. The normalized spacial score (nSPS) is 8.56. The highest BCUT2D eigenvalue weighted by molar-refractivity contribution is 5.81. The highest BCUT2D eigenvalue weighted by atomic mass is 14.7. The van der Waals surface area contributed by atoms with Crippen molar-refractivity contribution >= 4 is 10.8 Å². The van der Waals surface area contributed by atoms with E-state index in [1.807, 2.05) is 40.0 Å². The average Bonchev–Trinajstić information content (AvgIpc) is 2.42. The van der Waals surface area contributed by atoms with Gasteiger partial charge in [-0.2, -0.15) is 0 Å². The van der Waals surface area contributed by atoms with Crippen molar-refractivity contribution in [3.05, 3.63) is 42.2 Å². The molecule has 2 rings (SSSR count). The Balaban J connectivity index is 0.000000509. The zero-order chi connectivity index (χ0) is 12.4. The highest BCUT2D eigenvalue weighted by Gasteiger charge is 1.93. The molecule has 1 aromatic carbocycles. The molecule has 0 atom stereocenters. The van der Waals surface area contributed by atoms with Crippen LogP contribution in [0, 0.1) is 0 Å². The molecule has 0 fully saturated rings. The lowest BCUT2D eigenvalue weighted by Crippen LogP contribution is -1.85. The minimum absolute atomic E-state index is 1.00. The van der Waals surface area contributed by atoms with E-state index < -0.39 is 0 Å². The van der Waals surface area contributed by atoms with Gasteiger partial charge in [-0.3, -0.25) is 4.98 Å². The van der Waals surface area contributed by atoms with Crippen LogP contribution in [0.1, 0.15) is 40.3 Å². The summed E-state index contributed by atoms with van der Waals surface area (Å²) in [5.41, 5.74) is 1.16. The molecule has 0 radical (unpaired) electrons. The van der Waals surface area contributed by atoms with Gasteiger partial charge in [-0.05, 0) is 17.9 Å². The minimum Gasteiger partial charge on any atom is -0.261 e. The molecule has 0 spiro atoms. The standard InChI is InChI=1S/C11H11N.2C2H6/c1-2-11-7-9-5-3-4-6-10(9)8-12-11;2*1-2/h3-8H,2H2,1H3;2*1-2H3. The number of nitrogens with zero attached hydrogens (tertiary/aromatic N) is 1. The smallest absolute Gasteiger partial charge is 0.0407 e. The molecule has 1 aromatic heterocycles. The van der Waals surface area contributed by atoms with E-state index in [4.69, 9.17) is 0 Å². The fourth-order valence-electron chi connectivity index (χ4n) is 1.32. The van der Waals surface area contributed by atoms with Crippen LogP contribution in [0.15, 0.2) is 36.5 Å². The van der Waals surface area contributed by atoms with Crippen LogP contribution in [-0.2, 0) is 6.42 Å². The van der Waals surface area contributed by atoms with Crippen molar-refractivity contribution in [2.24, 2.45) is 0 Å². The topological polar surface area (TPSA) is 12.9 Å². The molecule has 0 N–H and O–H groups in total. The van der Waals surface area contributed by atoms with E-state index in [1.165, 1.54) is 10.8 Å². The number of aryl methyl sites for hydroxylation is 1. The largest absolute Gasteiger partial charge is 0.261 e. The Morgan fingerprint density at radius 3 is 2.06 bits per heavy atom. The highest BCUT2D eigenvalue weighted by Crippen LogP contribution is 2.13. The third-order valence-electron chi connectivity index (χ3n) is 2.05. The summed E-state index contributed by atoms with van der Waals surface area (Å²) in [6.45, 7) is 10.1. The molecule has 88 valence electrons. The van der Waals surface area contributed by atoms with Gasteiger partial charge < -0.3 is 0 Å². The molecule has 1 heterocycles. The number of hydrogen-bond acceptors (Lipinski definition) is 1. The fraction of sp³-hybridized carbons (Fsp3) is 0.400. The summed E-state index contributed by atoms with van der Waals surface area (Å²) in [4.78, 5) is 4.33. The quantitative estimate of drug-likeness (QED) is 0.665. The van der Waals surface area contributed by atoms with Crippen molar-refractivity contribution in [3.8, 4) is 0 Å². The van der Waals surface area contributed by atoms with Crippen molar-refractivity contribution < 1.29 is 0 Å². The number of pyridine rings is 1. The Kier molecular flexibility index (Phi) is 8.14. The Labute approximate surface area is 99.5 Å². The average molecular weight is 217 g/mol. The molecule has 0 aliphatic rings. The summed E-state index contributed by atoms with van der Waals surface area (Å²) in [5, 5.41) is 2.50. The molecule has 0 amide bonds. The van der Waals surface area contributed by atoms with Crippen LogP contribution in [0.2, 0.25) is 0 Å². The van der Waals surface area contributed by atoms with E-state index in [0.29, 0.717) is 0 Å². The van der Waals surface area contributed by atoms with Gasteiger partial charge in [0.05, 0.1) is 0 Å². The molecule has 16 heavy (non-hydrogen) atoms. The van der Waals surface area contributed by atoms with Crippen molar-refractivity contribution in [1.82, 2.24) is 4.98 Å². The molecule has 1 nitrogen and oxygen atoms in total. The number of rotatable bonds is 1. The summed E-state index contributed by atoms with van der Waals surface area (Å²) in [6.07, 6.45) is 2.94. The van der Waals surface area contributed by atoms with Crippen LogP contribution in [0.4, 0.5) is 0 Å². The predicted molar refractivity (Wildman–Crippen MR) is 73.8 cm³/mol. The zero-order valence-corrected chi connectivity index (χ0v) is 11.1. The first-order valence-corrected chi connectivity index (χ1v) is 6.24. The Bertz CT molecular complexity index is 393. The van der Waals surface area contributed by atoms with Crippen LogP contribution < -0.4 is 0 Å². The number of aromatic nitrogens is 1. The second-order valence-corrected chi connectivity index (χ2v) is 2.88. The third kappa shape index (κ3) is 4.01. The maximum Gasteiger partial charge on any atom is 0.0407 e. The SMILES string of the molecule is CC.CC.CCc1cc2ccccc2cn1. The Morgan fingerprint density at radius 1 is 0.938 bits per heavy atom. The van der Waals surface area contributed by atoms with Crippen molar-refractivity contribution in [2.75, 3.05) is 0 Å². The lowest BCUT2D eigenvalue weighted by Gasteiger charge is -1.98. The lowest BCUT2D eigenvalue weighted by atomic mass is 10.1. The van der Waals surface area contributed by atoms with Crippen LogP contribution in [0.5, 0.6) is 0 Å². The van der Waals surface area contributed by atoms with Crippen LogP contribution in [0.3, 0.4) is 0 Å². The van der Waals surface area contributed by atoms with E-state index in [-0.39, 0.29) is 0 Å². The van der Waals surface area contributed by atoms with E-state index in [2.05, 4.69) is 36.2 Å². The van der Waals surface area contributed by atoms with Gasteiger partial charge in [0.25, 0.3) is 0 Å². The molecule has 0 bridgehead atoms. The fourth-order valence-corrected chi connectivity index (χ4v) is 1.32. The maximum atomic E-state index is 4.33. The lowest BCUT2D eigenvalue weighted by molar-refractivity contribution is 1.05. The van der Waals surface area contributed by atoms with Gasteiger partial charge in [0.2, 0.25) is 0 Å². The van der Waals surface area contributed by atoms with Crippen molar-refractivity contribution in [3.63, 3.8) is 0 Å². The van der Waals surface area contributed by atoms with E-state index in [9.17, 15) is 0 Å². The van der Waals surface area contributed by atoms with Crippen LogP contribution in [0.25, 0.3) is 10.8 Å². The first-order chi connectivity index (χ1) is 7.90. The first-order valence-electron chi connectivity index (χ1n) is 6.24. The van der Waals surface area contributed by atoms with Gasteiger partial charge >= 0.3 is 0 Å². The molecule has 0 saturated heterocycles. The minimum atomic E-state index is 1.00. The first kappa shape index (κ1) is 14.6. The summed E-state index contributed by atoms with van der Waals surface area (Å²) < 4.78 is 0. The number of hydrogen-bond donors (Lipinski definition) is 0.